The summed E-state index contributed by atoms with van der Waals surface area (Å²) in [4.78, 5) is 13.3. The van der Waals surface area contributed by atoms with E-state index in [2.05, 4.69) is 27.1 Å². The van der Waals surface area contributed by atoms with E-state index in [1.54, 1.807) is 41.5 Å². The number of allylic oxidation sites excluding steroid dienone is 4. The van der Waals surface area contributed by atoms with E-state index in [-0.39, 0.29) is 5.71 Å². The zero-order valence-electron chi connectivity index (χ0n) is 18.4. The highest BCUT2D eigenvalue weighted by Gasteiger charge is 2.43. The minimum atomic E-state index is -1.55. The zero-order chi connectivity index (χ0) is 23.7. The van der Waals surface area contributed by atoms with Crippen LogP contribution in [-0.2, 0) is 12.6 Å². The summed E-state index contributed by atoms with van der Waals surface area (Å²) >= 11 is 0. The van der Waals surface area contributed by atoms with Gasteiger partial charge in [0.2, 0.25) is 0 Å². The Hall–Kier alpha value is -4.59. The molecule has 7 nitrogen and oxygen atoms in total. The Kier molecular flexibility index (Phi) is 5.25. The van der Waals surface area contributed by atoms with Gasteiger partial charge >= 0.3 is 0 Å². The van der Waals surface area contributed by atoms with Crippen LogP contribution in [0, 0.1) is 28.6 Å². The van der Waals surface area contributed by atoms with Crippen LogP contribution >= 0.6 is 0 Å². The number of dihydropyridines is 1. The van der Waals surface area contributed by atoms with Gasteiger partial charge in [-0.25, -0.2) is 9.98 Å². The van der Waals surface area contributed by atoms with Gasteiger partial charge in [-0.1, -0.05) is 42.5 Å². The Morgan fingerprint density at radius 2 is 1.85 bits per heavy atom. The number of aliphatic imine (C=N–C) groups is 1. The third kappa shape index (κ3) is 3.27. The number of aromatic nitrogens is 3. The molecule has 1 aromatic carbocycles. The van der Waals surface area contributed by atoms with E-state index < -0.39 is 11.5 Å². The fourth-order valence-electron chi connectivity index (χ4n) is 4.67. The number of rotatable bonds is 4. The summed E-state index contributed by atoms with van der Waals surface area (Å²) in [6.45, 7) is 0. The topological polar surface area (TPSA) is 111 Å². The van der Waals surface area contributed by atoms with Gasteiger partial charge in [0.05, 0.1) is 35.7 Å². The van der Waals surface area contributed by atoms with Crippen molar-refractivity contribution in [2.75, 3.05) is 0 Å². The summed E-state index contributed by atoms with van der Waals surface area (Å²) in [5, 5.41) is 32.2. The Morgan fingerprint density at radius 1 is 1.06 bits per heavy atom. The summed E-state index contributed by atoms with van der Waals surface area (Å²) in [5.74, 6) is -0.402. The second-order valence-electron chi connectivity index (χ2n) is 8.19. The largest absolute Gasteiger partial charge is 0.373 e. The number of hydrogen-bond donors (Lipinski definition) is 1. The van der Waals surface area contributed by atoms with Crippen molar-refractivity contribution in [2.24, 2.45) is 18.0 Å². The number of imidazole rings is 1. The molecule has 1 aliphatic carbocycles. The lowest BCUT2D eigenvalue weighted by atomic mass is 9.73. The molecule has 164 valence electrons. The highest BCUT2D eigenvalue weighted by atomic mass is 16.3. The van der Waals surface area contributed by atoms with Crippen LogP contribution < -0.4 is 0 Å². The van der Waals surface area contributed by atoms with Crippen LogP contribution in [0.5, 0.6) is 0 Å². The highest BCUT2D eigenvalue weighted by molar-refractivity contribution is 6.33. The molecule has 7 heteroatoms. The number of pyridine rings is 1. The van der Waals surface area contributed by atoms with Gasteiger partial charge in [0.25, 0.3) is 0 Å². The van der Waals surface area contributed by atoms with Crippen LogP contribution in [0.25, 0.3) is 5.57 Å². The van der Waals surface area contributed by atoms with Crippen molar-refractivity contribution < 1.29 is 5.11 Å². The van der Waals surface area contributed by atoms with Gasteiger partial charge in [-0.3, -0.25) is 4.98 Å². The quantitative estimate of drug-likeness (QED) is 0.657. The molecular weight excluding hydrogens is 424 g/mol. The first-order chi connectivity index (χ1) is 16.6. The van der Waals surface area contributed by atoms with Gasteiger partial charge in [-0.15, -0.1) is 0 Å². The van der Waals surface area contributed by atoms with E-state index in [1.807, 2.05) is 49.5 Å². The molecular formula is C27H20N6O. The molecule has 1 N–H and O–H groups in total. The number of nitriles is 2. The number of fused-ring (bicyclic) bond motifs is 1. The standard InChI is InChI=1S/C27H20N6O/c1-33-17-30-16-25(33)27(34,24-9-5-6-12-31-24)19-10-11-22-20(13-19)21(14-28)26(23(15-29)32-22)18-7-3-2-4-8-18/h2-12,16-17,20,34H,13H2,1H3. The van der Waals surface area contributed by atoms with E-state index in [9.17, 15) is 15.6 Å². The Balaban J connectivity index is 1.69. The molecule has 3 heterocycles. The predicted octanol–water partition coefficient (Wildman–Crippen LogP) is 3.84. The number of benzene rings is 1. The van der Waals surface area contributed by atoms with Gasteiger partial charge < -0.3 is 9.67 Å². The molecule has 2 aromatic heterocycles. The molecule has 0 saturated heterocycles. The van der Waals surface area contributed by atoms with E-state index in [0.717, 1.165) is 5.56 Å². The molecule has 0 amide bonds. The third-order valence-corrected chi connectivity index (χ3v) is 6.31. The van der Waals surface area contributed by atoms with Crippen molar-refractivity contribution >= 4 is 11.3 Å². The predicted molar refractivity (Wildman–Crippen MR) is 127 cm³/mol. The number of aliphatic hydroxyl groups is 1. The minimum absolute atomic E-state index is 0.216. The smallest absolute Gasteiger partial charge is 0.170 e. The van der Waals surface area contributed by atoms with Crippen molar-refractivity contribution in [2.45, 2.75) is 12.0 Å². The van der Waals surface area contributed by atoms with Gasteiger partial charge in [0, 0.05) is 30.3 Å². The highest BCUT2D eigenvalue weighted by Crippen LogP contribution is 2.46. The van der Waals surface area contributed by atoms with Gasteiger partial charge in [0.1, 0.15) is 11.8 Å². The van der Waals surface area contributed by atoms with Crippen molar-refractivity contribution in [3.05, 3.63) is 113 Å². The van der Waals surface area contributed by atoms with Crippen LogP contribution in [0.3, 0.4) is 0 Å². The van der Waals surface area contributed by atoms with Crippen LogP contribution in [0.15, 0.2) is 101 Å². The molecule has 0 spiro atoms. The van der Waals surface area contributed by atoms with E-state index >= 15 is 0 Å². The van der Waals surface area contributed by atoms with Crippen molar-refractivity contribution in [1.82, 2.24) is 14.5 Å². The van der Waals surface area contributed by atoms with Crippen LogP contribution in [0.4, 0.5) is 0 Å². The van der Waals surface area contributed by atoms with Crippen LogP contribution in [-0.4, -0.2) is 25.4 Å². The van der Waals surface area contributed by atoms with E-state index in [4.69, 9.17) is 0 Å². The maximum absolute atomic E-state index is 12.2. The Bertz CT molecular complexity index is 1460. The average molecular weight is 444 g/mol. The zero-order valence-corrected chi connectivity index (χ0v) is 18.4. The SMILES string of the molecule is Cn1cncc1C(O)(C1=CC=C2N=C(C#N)C(c3ccccc3)=C(C#N)C2C1)c1ccccn1. The number of nitrogens with zero attached hydrogens (tertiary/aromatic N) is 6. The maximum atomic E-state index is 12.2. The monoisotopic (exact) mass is 444 g/mol. The lowest BCUT2D eigenvalue weighted by Gasteiger charge is -2.35. The molecule has 34 heavy (non-hydrogen) atoms. The van der Waals surface area contributed by atoms with Gasteiger partial charge in [-0.2, -0.15) is 10.5 Å². The van der Waals surface area contributed by atoms with E-state index in [1.165, 1.54) is 0 Å². The van der Waals surface area contributed by atoms with Gasteiger partial charge in [0.15, 0.2) is 5.60 Å². The van der Waals surface area contributed by atoms with Gasteiger partial charge in [-0.05, 0) is 35.8 Å². The summed E-state index contributed by atoms with van der Waals surface area (Å²) < 4.78 is 1.76. The number of aryl methyl sites for hydroxylation is 1. The number of hydrogen-bond acceptors (Lipinski definition) is 6. The average Bonchev–Trinajstić information content (AvgIpc) is 3.34. The summed E-state index contributed by atoms with van der Waals surface area (Å²) in [5.41, 5.74) is 2.75. The second-order valence-corrected chi connectivity index (χ2v) is 8.19. The lowest BCUT2D eigenvalue weighted by molar-refractivity contribution is 0.102. The summed E-state index contributed by atoms with van der Waals surface area (Å²) in [7, 11) is 1.82. The first-order valence-corrected chi connectivity index (χ1v) is 10.8. The fraction of sp³-hybridized carbons (Fsp3) is 0.148. The summed E-state index contributed by atoms with van der Waals surface area (Å²) in [6, 6.07) is 19.2. The fourth-order valence-corrected chi connectivity index (χ4v) is 4.67. The minimum Gasteiger partial charge on any atom is -0.373 e. The maximum Gasteiger partial charge on any atom is 0.170 e. The lowest BCUT2D eigenvalue weighted by Crippen LogP contribution is -2.35. The first kappa shape index (κ1) is 21.3. The molecule has 5 rings (SSSR count). The Morgan fingerprint density at radius 3 is 2.50 bits per heavy atom. The molecule has 1 aliphatic heterocycles. The van der Waals surface area contributed by atoms with Crippen molar-refractivity contribution in [3.8, 4) is 12.1 Å². The first-order valence-electron chi connectivity index (χ1n) is 10.8. The Labute approximate surface area is 197 Å². The molecule has 0 bridgehead atoms. The normalized spacial score (nSPS) is 19.1. The molecule has 0 saturated carbocycles. The van der Waals surface area contributed by atoms with Crippen molar-refractivity contribution in [3.63, 3.8) is 0 Å². The molecule has 3 aromatic rings. The van der Waals surface area contributed by atoms with E-state index in [0.29, 0.717) is 40.2 Å². The molecule has 0 fully saturated rings. The molecule has 2 aliphatic rings. The molecule has 0 radical (unpaired) electrons. The summed E-state index contributed by atoms with van der Waals surface area (Å²) in [6.07, 6.45) is 8.83. The molecule has 2 unspecified atom stereocenters. The second kappa shape index (κ2) is 8.40. The third-order valence-electron chi connectivity index (χ3n) is 6.31. The van der Waals surface area contributed by atoms with Crippen LogP contribution in [0.1, 0.15) is 23.4 Å². The molecule has 2 atom stereocenters. The van der Waals surface area contributed by atoms with Crippen LogP contribution in [0.2, 0.25) is 0 Å². The van der Waals surface area contributed by atoms with Crippen molar-refractivity contribution in [1.29, 1.82) is 10.5 Å².